The lowest BCUT2D eigenvalue weighted by molar-refractivity contribution is 0.771. The summed E-state index contributed by atoms with van der Waals surface area (Å²) in [6.45, 7) is 1.63. The minimum absolute atomic E-state index is 0.0176. The van der Waals surface area contributed by atoms with Crippen LogP contribution >= 0.6 is 11.6 Å². The Morgan fingerprint density at radius 1 is 1.83 bits per heavy atom. The highest BCUT2D eigenvalue weighted by molar-refractivity contribution is 6.29. The normalized spacial score (nSPS) is 11.7. The Balaban J connectivity index is 3.27. The number of nitrogens with zero attached hydrogens (tertiary/aromatic N) is 3. The van der Waals surface area contributed by atoms with Gasteiger partial charge in [-0.05, 0) is 6.92 Å². The van der Waals surface area contributed by atoms with E-state index in [1.54, 1.807) is 6.92 Å². The smallest absolute Gasteiger partial charge is 0.184 e. The third-order valence-corrected chi connectivity index (χ3v) is 1.36. The fourth-order valence-electron chi connectivity index (χ4n) is 0.645. The van der Waals surface area contributed by atoms with Gasteiger partial charge in [0, 0.05) is 12.4 Å². The molecule has 0 fully saturated rings. The molecule has 3 N–H and O–H groups in total. The zero-order valence-corrected chi connectivity index (χ0v) is 7.21. The maximum absolute atomic E-state index is 7.39. The van der Waals surface area contributed by atoms with Crippen LogP contribution in [0.15, 0.2) is 17.5 Å². The number of aromatic nitrogens is 2. The molecule has 0 bridgehead atoms. The summed E-state index contributed by atoms with van der Waals surface area (Å²) >= 11 is 5.57. The van der Waals surface area contributed by atoms with Crippen molar-refractivity contribution in [3.05, 3.63) is 23.0 Å². The van der Waals surface area contributed by atoms with Gasteiger partial charge in [0.25, 0.3) is 0 Å². The standard InChI is InChI=1S/C6H8ClN5/c1-4(8)11-12-3-2-10-5(7)6(12)9/h2-3,9H,1H3,(H2,8,11). The van der Waals surface area contributed by atoms with Crippen LogP contribution in [-0.4, -0.2) is 15.5 Å². The van der Waals surface area contributed by atoms with Crippen LogP contribution in [0, 0.1) is 5.41 Å². The Morgan fingerprint density at radius 3 is 3.08 bits per heavy atom. The highest BCUT2D eigenvalue weighted by atomic mass is 35.5. The molecular formula is C6H8ClN5. The molecule has 12 heavy (non-hydrogen) atoms. The number of amidine groups is 1. The summed E-state index contributed by atoms with van der Waals surface area (Å²) < 4.78 is 1.25. The molecule has 0 radical (unpaired) electrons. The lowest BCUT2D eigenvalue weighted by Crippen LogP contribution is -2.20. The summed E-state index contributed by atoms with van der Waals surface area (Å²) in [5, 5.41) is 11.3. The summed E-state index contributed by atoms with van der Waals surface area (Å²) in [6.07, 6.45) is 2.96. The first-order chi connectivity index (χ1) is 5.61. The molecule has 0 spiro atoms. The summed E-state index contributed by atoms with van der Waals surface area (Å²) in [5.41, 5.74) is 5.34. The number of rotatable bonds is 1. The van der Waals surface area contributed by atoms with Crippen molar-refractivity contribution in [1.82, 2.24) is 9.66 Å². The molecule has 0 aromatic carbocycles. The Morgan fingerprint density at radius 2 is 2.50 bits per heavy atom. The molecule has 64 valence electrons. The fraction of sp³-hybridized carbons (Fsp3) is 0.167. The second kappa shape index (κ2) is 3.36. The highest BCUT2D eigenvalue weighted by Gasteiger charge is 1.95. The van der Waals surface area contributed by atoms with Crippen molar-refractivity contribution in [1.29, 1.82) is 5.41 Å². The Labute approximate surface area is 74.0 Å². The van der Waals surface area contributed by atoms with E-state index in [1.807, 2.05) is 0 Å². The van der Waals surface area contributed by atoms with Crippen molar-refractivity contribution in [2.45, 2.75) is 6.92 Å². The molecule has 0 aliphatic carbocycles. The van der Waals surface area contributed by atoms with Crippen molar-refractivity contribution in [2.24, 2.45) is 10.8 Å². The first-order valence-electron chi connectivity index (χ1n) is 3.20. The van der Waals surface area contributed by atoms with Crippen molar-refractivity contribution < 1.29 is 0 Å². The van der Waals surface area contributed by atoms with Gasteiger partial charge in [0.15, 0.2) is 10.6 Å². The largest absolute Gasteiger partial charge is 0.386 e. The van der Waals surface area contributed by atoms with Crippen LogP contribution in [0.2, 0.25) is 5.15 Å². The average Bonchev–Trinajstić information content (AvgIpc) is 1.98. The number of halogens is 1. The minimum atomic E-state index is 0.0176. The molecule has 1 rings (SSSR count). The van der Waals surface area contributed by atoms with Crippen molar-refractivity contribution in [3.63, 3.8) is 0 Å². The molecule has 1 aromatic rings. The van der Waals surface area contributed by atoms with Gasteiger partial charge in [-0.3, -0.25) is 5.41 Å². The Hall–Kier alpha value is -1.36. The van der Waals surface area contributed by atoms with Gasteiger partial charge in [-0.15, -0.1) is 0 Å². The Bertz CT molecular complexity index is 362. The molecular weight excluding hydrogens is 178 g/mol. The summed E-state index contributed by atoms with van der Waals surface area (Å²) in [4.78, 5) is 3.69. The monoisotopic (exact) mass is 185 g/mol. The summed E-state index contributed by atoms with van der Waals surface area (Å²) in [7, 11) is 0. The van der Waals surface area contributed by atoms with Gasteiger partial charge >= 0.3 is 0 Å². The number of hydrogen-bond acceptors (Lipinski definition) is 3. The van der Waals surface area contributed by atoms with Gasteiger partial charge < -0.3 is 5.73 Å². The maximum atomic E-state index is 7.39. The van der Waals surface area contributed by atoms with Gasteiger partial charge in [0.05, 0.1) is 0 Å². The first-order valence-corrected chi connectivity index (χ1v) is 3.58. The van der Waals surface area contributed by atoms with E-state index in [0.717, 1.165) is 0 Å². The number of nitrogens with one attached hydrogen (secondary N) is 1. The van der Waals surface area contributed by atoms with Crippen molar-refractivity contribution in [3.8, 4) is 0 Å². The predicted molar refractivity (Wildman–Crippen MR) is 45.8 cm³/mol. The number of hydrogen-bond donors (Lipinski definition) is 2. The van der Waals surface area contributed by atoms with E-state index in [1.165, 1.54) is 17.1 Å². The van der Waals surface area contributed by atoms with Gasteiger partial charge in [-0.1, -0.05) is 11.6 Å². The van der Waals surface area contributed by atoms with Gasteiger partial charge in [-0.2, -0.15) is 5.10 Å². The van der Waals surface area contributed by atoms with Crippen LogP contribution in [0.5, 0.6) is 0 Å². The average molecular weight is 186 g/mol. The SMILES string of the molecule is C/C(N)=N\n1ccnc(Cl)c1=N. The second-order valence-electron chi connectivity index (χ2n) is 2.15. The molecule has 0 atom stereocenters. The third kappa shape index (κ3) is 1.82. The lowest BCUT2D eigenvalue weighted by atomic mass is 10.7. The Kier molecular flexibility index (Phi) is 2.44. The van der Waals surface area contributed by atoms with Crippen LogP contribution in [0.25, 0.3) is 0 Å². The zero-order chi connectivity index (χ0) is 9.14. The van der Waals surface area contributed by atoms with E-state index < -0.39 is 0 Å². The minimum Gasteiger partial charge on any atom is -0.386 e. The van der Waals surface area contributed by atoms with Crippen LogP contribution in [0.4, 0.5) is 0 Å². The van der Waals surface area contributed by atoms with E-state index in [9.17, 15) is 0 Å². The zero-order valence-electron chi connectivity index (χ0n) is 6.45. The topological polar surface area (TPSA) is 80.0 Å². The van der Waals surface area contributed by atoms with Crippen LogP contribution in [0.1, 0.15) is 6.92 Å². The molecule has 1 heterocycles. The van der Waals surface area contributed by atoms with E-state index in [4.69, 9.17) is 22.7 Å². The molecule has 5 nitrogen and oxygen atoms in total. The first kappa shape index (κ1) is 8.73. The van der Waals surface area contributed by atoms with Gasteiger partial charge in [0.1, 0.15) is 5.84 Å². The summed E-state index contributed by atoms with van der Waals surface area (Å²) in [5.74, 6) is 0.357. The van der Waals surface area contributed by atoms with Crippen molar-refractivity contribution >= 4 is 17.4 Å². The molecule has 0 saturated heterocycles. The highest BCUT2D eigenvalue weighted by Crippen LogP contribution is 1.92. The number of nitrogens with two attached hydrogens (primary N) is 1. The van der Waals surface area contributed by atoms with E-state index >= 15 is 0 Å². The van der Waals surface area contributed by atoms with Crippen LogP contribution < -0.4 is 11.2 Å². The third-order valence-electron chi connectivity index (χ3n) is 1.09. The quantitative estimate of drug-likeness (QED) is 0.483. The fourth-order valence-corrected chi connectivity index (χ4v) is 0.788. The van der Waals surface area contributed by atoms with Gasteiger partial charge in [0.2, 0.25) is 0 Å². The van der Waals surface area contributed by atoms with Gasteiger partial charge in [-0.25, -0.2) is 9.66 Å². The molecule has 0 aliphatic rings. The van der Waals surface area contributed by atoms with Crippen LogP contribution in [-0.2, 0) is 0 Å². The maximum Gasteiger partial charge on any atom is 0.184 e. The van der Waals surface area contributed by atoms with E-state index in [-0.39, 0.29) is 10.6 Å². The molecule has 6 heteroatoms. The lowest BCUT2D eigenvalue weighted by Gasteiger charge is -1.99. The predicted octanol–water partition coefficient (Wildman–Crippen LogP) is 0.156. The molecule has 1 aromatic heterocycles. The molecule has 0 unspecified atom stereocenters. The summed E-state index contributed by atoms with van der Waals surface area (Å²) in [6, 6.07) is 0. The molecule has 0 aliphatic heterocycles. The molecule has 0 saturated carbocycles. The molecule has 0 amide bonds. The van der Waals surface area contributed by atoms with E-state index in [2.05, 4.69) is 10.1 Å². The van der Waals surface area contributed by atoms with Crippen LogP contribution in [0.3, 0.4) is 0 Å². The van der Waals surface area contributed by atoms with E-state index in [0.29, 0.717) is 5.84 Å². The second-order valence-corrected chi connectivity index (χ2v) is 2.51. The van der Waals surface area contributed by atoms with Crippen molar-refractivity contribution in [2.75, 3.05) is 0 Å².